The standard InChI is InChI=1S/C16H33N.2C2H6.C2H4/c1-4-15(14(3)12-17)11-10-13(2)16-8-6-5-7-9-16;3*1-2/h13-16H,4-12,17H2,1-3H3;2*1-2H3;1-2H2. The van der Waals surface area contributed by atoms with Gasteiger partial charge in [0, 0.05) is 0 Å². The minimum absolute atomic E-state index is 0.707. The van der Waals surface area contributed by atoms with Gasteiger partial charge in [0.15, 0.2) is 0 Å². The van der Waals surface area contributed by atoms with E-state index >= 15 is 0 Å². The van der Waals surface area contributed by atoms with E-state index in [1.807, 2.05) is 27.7 Å². The van der Waals surface area contributed by atoms with Gasteiger partial charge >= 0.3 is 0 Å². The van der Waals surface area contributed by atoms with Crippen molar-refractivity contribution in [2.75, 3.05) is 6.54 Å². The third kappa shape index (κ3) is 13.8. The van der Waals surface area contributed by atoms with Crippen LogP contribution in [0.5, 0.6) is 0 Å². The molecule has 0 radical (unpaired) electrons. The van der Waals surface area contributed by atoms with Crippen LogP contribution in [0.1, 0.15) is 99.8 Å². The molecule has 23 heavy (non-hydrogen) atoms. The lowest BCUT2D eigenvalue weighted by molar-refractivity contribution is 0.223. The molecule has 0 aromatic carbocycles. The maximum atomic E-state index is 5.80. The number of hydrogen-bond donors (Lipinski definition) is 1. The third-order valence-electron chi connectivity index (χ3n) is 5.15. The molecular formula is C22H49N. The molecule has 0 spiro atoms. The van der Waals surface area contributed by atoms with E-state index in [0.717, 1.165) is 24.3 Å². The van der Waals surface area contributed by atoms with E-state index in [1.54, 1.807) is 0 Å². The summed E-state index contributed by atoms with van der Waals surface area (Å²) in [5, 5.41) is 0. The van der Waals surface area contributed by atoms with Gasteiger partial charge in [-0.3, -0.25) is 0 Å². The molecule has 142 valence electrons. The smallest absolute Gasteiger partial charge is 0.00489 e. The van der Waals surface area contributed by atoms with Crippen molar-refractivity contribution >= 4 is 0 Å². The molecular weight excluding hydrogens is 278 g/mol. The summed E-state index contributed by atoms with van der Waals surface area (Å²) in [6.07, 6.45) is 11.5. The largest absolute Gasteiger partial charge is 0.330 e. The highest BCUT2D eigenvalue weighted by molar-refractivity contribution is 4.74. The van der Waals surface area contributed by atoms with Crippen LogP contribution in [0.25, 0.3) is 0 Å². The SMILES string of the molecule is C=C.CC.CC.CCC(CCC(C)C1CCCCC1)C(C)CN. The first-order valence-electron chi connectivity index (χ1n) is 10.4. The van der Waals surface area contributed by atoms with Crippen molar-refractivity contribution in [1.29, 1.82) is 0 Å². The van der Waals surface area contributed by atoms with Crippen LogP contribution < -0.4 is 5.73 Å². The van der Waals surface area contributed by atoms with Gasteiger partial charge in [0.25, 0.3) is 0 Å². The van der Waals surface area contributed by atoms with Gasteiger partial charge in [-0.15, -0.1) is 13.2 Å². The maximum absolute atomic E-state index is 5.80. The van der Waals surface area contributed by atoms with Crippen LogP contribution >= 0.6 is 0 Å². The lowest BCUT2D eigenvalue weighted by Gasteiger charge is -2.29. The first-order chi connectivity index (χ1) is 11.2. The third-order valence-corrected chi connectivity index (χ3v) is 5.15. The van der Waals surface area contributed by atoms with Gasteiger partial charge in [0.1, 0.15) is 0 Å². The van der Waals surface area contributed by atoms with Crippen LogP contribution in [-0.2, 0) is 0 Å². The van der Waals surface area contributed by atoms with Gasteiger partial charge in [0.05, 0.1) is 0 Å². The average Bonchev–Trinajstić information content (AvgIpc) is 2.67. The Morgan fingerprint density at radius 2 is 1.39 bits per heavy atom. The van der Waals surface area contributed by atoms with E-state index in [4.69, 9.17) is 5.73 Å². The molecule has 0 bridgehead atoms. The first-order valence-corrected chi connectivity index (χ1v) is 10.4. The fraction of sp³-hybridized carbons (Fsp3) is 0.909. The zero-order valence-electron chi connectivity index (χ0n) is 17.7. The van der Waals surface area contributed by atoms with Crippen molar-refractivity contribution in [2.24, 2.45) is 29.4 Å². The van der Waals surface area contributed by atoms with Gasteiger partial charge in [0.2, 0.25) is 0 Å². The fourth-order valence-electron chi connectivity index (χ4n) is 3.50. The zero-order valence-corrected chi connectivity index (χ0v) is 17.7. The Kier molecular flexibility index (Phi) is 26.0. The van der Waals surface area contributed by atoms with Crippen molar-refractivity contribution in [1.82, 2.24) is 0 Å². The second-order valence-corrected chi connectivity index (χ2v) is 6.33. The molecule has 0 saturated heterocycles. The fourth-order valence-corrected chi connectivity index (χ4v) is 3.50. The first kappa shape index (κ1) is 27.5. The summed E-state index contributed by atoms with van der Waals surface area (Å²) in [7, 11) is 0. The zero-order chi connectivity index (χ0) is 18.7. The highest BCUT2D eigenvalue weighted by Crippen LogP contribution is 2.33. The Morgan fingerprint density at radius 3 is 1.78 bits per heavy atom. The summed E-state index contributed by atoms with van der Waals surface area (Å²) in [5.74, 6) is 3.52. The van der Waals surface area contributed by atoms with E-state index in [2.05, 4.69) is 33.9 Å². The summed E-state index contributed by atoms with van der Waals surface area (Å²) in [6, 6.07) is 0. The van der Waals surface area contributed by atoms with Gasteiger partial charge < -0.3 is 5.73 Å². The van der Waals surface area contributed by atoms with Gasteiger partial charge in [-0.2, -0.15) is 0 Å². The van der Waals surface area contributed by atoms with Crippen LogP contribution in [0.2, 0.25) is 0 Å². The lowest BCUT2D eigenvalue weighted by Crippen LogP contribution is -2.22. The van der Waals surface area contributed by atoms with E-state index in [1.165, 1.54) is 51.4 Å². The summed E-state index contributed by atoms with van der Waals surface area (Å²) in [5.41, 5.74) is 5.80. The Morgan fingerprint density at radius 1 is 0.913 bits per heavy atom. The normalized spacial score (nSPS) is 17.9. The second-order valence-electron chi connectivity index (χ2n) is 6.33. The molecule has 1 fully saturated rings. The molecule has 1 aliphatic carbocycles. The molecule has 2 N–H and O–H groups in total. The van der Waals surface area contributed by atoms with Gasteiger partial charge in [-0.1, -0.05) is 93.4 Å². The van der Waals surface area contributed by atoms with Crippen molar-refractivity contribution in [2.45, 2.75) is 99.8 Å². The van der Waals surface area contributed by atoms with E-state index < -0.39 is 0 Å². The van der Waals surface area contributed by atoms with Gasteiger partial charge in [-0.25, -0.2) is 0 Å². The number of nitrogens with two attached hydrogens (primary N) is 1. The predicted octanol–water partition coefficient (Wildman–Crippen LogP) is 7.46. The quantitative estimate of drug-likeness (QED) is 0.482. The molecule has 1 heteroatoms. The lowest BCUT2D eigenvalue weighted by atomic mass is 9.77. The average molecular weight is 328 g/mol. The molecule has 3 atom stereocenters. The molecule has 3 unspecified atom stereocenters. The number of hydrogen-bond acceptors (Lipinski definition) is 1. The highest BCUT2D eigenvalue weighted by atomic mass is 14.5. The second kappa shape index (κ2) is 21.7. The van der Waals surface area contributed by atoms with Crippen LogP contribution in [0.15, 0.2) is 13.2 Å². The molecule has 0 aromatic heterocycles. The predicted molar refractivity (Wildman–Crippen MR) is 111 cm³/mol. The van der Waals surface area contributed by atoms with Crippen LogP contribution in [-0.4, -0.2) is 6.54 Å². The van der Waals surface area contributed by atoms with E-state index in [-0.39, 0.29) is 0 Å². The van der Waals surface area contributed by atoms with Crippen molar-refractivity contribution < 1.29 is 0 Å². The summed E-state index contributed by atoms with van der Waals surface area (Å²) >= 11 is 0. The van der Waals surface area contributed by atoms with Crippen molar-refractivity contribution in [3.63, 3.8) is 0 Å². The molecule has 1 saturated carbocycles. The molecule has 0 aromatic rings. The summed E-state index contributed by atoms with van der Waals surface area (Å²) in [4.78, 5) is 0. The molecule has 0 aliphatic heterocycles. The molecule has 1 rings (SSSR count). The van der Waals surface area contributed by atoms with E-state index in [0.29, 0.717) is 5.92 Å². The highest BCUT2D eigenvalue weighted by Gasteiger charge is 2.22. The summed E-state index contributed by atoms with van der Waals surface area (Å²) in [6.45, 7) is 22.0. The Hall–Kier alpha value is -0.300. The summed E-state index contributed by atoms with van der Waals surface area (Å²) < 4.78 is 0. The van der Waals surface area contributed by atoms with Crippen LogP contribution in [0.3, 0.4) is 0 Å². The Labute approximate surface area is 149 Å². The molecule has 0 amide bonds. The minimum Gasteiger partial charge on any atom is -0.330 e. The van der Waals surface area contributed by atoms with Crippen LogP contribution in [0.4, 0.5) is 0 Å². The van der Waals surface area contributed by atoms with Crippen molar-refractivity contribution in [3.8, 4) is 0 Å². The maximum Gasteiger partial charge on any atom is -0.00489 e. The number of rotatable bonds is 7. The van der Waals surface area contributed by atoms with Crippen molar-refractivity contribution in [3.05, 3.63) is 13.2 Å². The van der Waals surface area contributed by atoms with Crippen LogP contribution in [0, 0.1) is 23.7 Å². The Balaban J connectivity index is -0.000000595. The topological polar surface area (TPSA) is 26.0 Å². The minimum atomic E-state index is 0.707. The monoisotopic (exact) mass is 327 g/mol. The molecule has 1 aliphatic rings. The Bertz CT molecular complexity index is 196. The van der Waals surface area contributed by atoms with Gasteiger partial charge in [-0.05, 0) is 36.6 Å². The van der Waals surface area contributed by atoms with E-state index in [9.17, 15) is 0 Å². The molecule has 0 heterocycles. The molecule has 1 nitrogen and oxygen atoms in total.